The van der Waals surface area contributed by atoms with Gasteiger partial charge in [-0.2, -0.15) is 0 Å². The molecule has 1 amide bonds. The van der Waals surface area contributed by atoms with E-state index in [4.69, 9.17) is 4.74 Å². The lowest BCUT2D eigenvalue weighted by molar-refractivity contribution is -0.384. The van der Waals surface area contributed by atoms with Crippen LogP contribution in [-0.2, 0) is 17.6 Å². The molecule has 0 fully saturated rings. The molecule has 0 spiro atoms. The number of hydrogen-bond donors (Lipinski definition) is 1. The smallest absolute Gasteiger partial charge is 0.269 e. The second-order valence-corrected chi connectivity index (χ2v) is 6.91. The fraction of sp³-hybridized carbons (Fsp3) is 0.375. The van der Waals surface area contributed by atoms with Gasteiger partial charge in [-0.15, -0.1) is 11.3 Å². The van der Waals surface area contributed by atoms with Crippen molar-refractivity contribution in [2.45, 2.75) is 26.2 Å². The second kappa shape index (κ2) is 6.96. The number of non-ortho nitro benzene ring substituents is 1. The first-order valence-electron chi connectivity index (χ1n) is 7.67. The maximum Gasteiger partial charge on any atom is 0.269 e. The molecule has 8 heteroatoms. The number of benzene rings is 1. The standard InChI is InChI=1S/C16H17N3O4S/c1-10-2-7-13-14(8-10)24-16(17-13)18-15(20)9-23-12-5-3-11(4-6-12)19(21)22/h3-6,10H,2,7-9H2,1H3,(H,17,18,20)/t10-/m0/s1. The van der Waals surface area contributed by atoms with Crippen LogP contribution < -0.4 is 10.1 Å². The van der Waals surface area contributed by atoms with Gasteiger partial charge in [-0.1, -0.05) is 6.92 Å². The summed E-state index contributed by atoms with van der Waals surface area (Å²) in [5.41, 5.74) is 1.07. The number of nitrogens with one attached hydrogen (secondary N) is 1. The highest BCUT2D eigenvalue weighted by Gasteiger charge is 2.20. The number of aryl methyl sites for hydroxylation is 1. The van der Waals surface area contributed by atoms with Crippen molar-refractivity contribution in [3.63, 3.8) is 0 Å². The highest BCUT2D eigenvalue weighted by atomic mass is 32.1. The molecule has 0 unspecified atom stereocenters. The van der Waals surface area contributed by atoms with Crippen LogP contribution in [0, 0.1) is 16.0 Å². The zero-order valence-electron chi connectivity index (χ0n) is 13.2. The van der Waals surface area contributed by atoms with Gasteiger partial charge in [-0.05, 0) is 37.3 Å². The van der Waals surface area contributed by atoms with Crippen molar-refractivity contribution in [3.05, 3.63) is 45.0 Å². The van der Waals surface area contributed by atoms with Crippen LogP contribution in [0.1, 0.15) is 23.9 Å². The van der Waals surface area contributed by atoms with Gasteiger partial charge in [0, 0.05) is 17.0 Å². The van der Waals surface area contributed by atoms with E-state index in [9.17, 15) is 14.9 Å². The SMILES string of the molecule is C[C@H]1CCc2nc(NC(=O)COc3ccc([N+](=O)[O-])cc3)sc2C1. The molecule has 0 saturated heterocycles. The summed E-state index contributed by atoms with van der Waals surface area (Å²) in [6.07, 6.45) is 3.11. The minimum atomic E-state index is -0.485. The Morgan fingerprint density at radius 1 is 1.46 bits per heavy atom. The van der Waals surface area contributed by atoms with E-state index < -0.39 is 4.92 Å². The van der Waals surface area contributed by atoms with Crippen LogP contribution >= 0.6 is 11.3 Å². The normalized spacial score (nSPS) is 16.3. The number of nitrogens with zero attached hydrogens (tertiary/aromatic N) is 2. The summed E-state index contributed by atoms with van der Waals surface area (Å²) in [6.45, 7) is 2.05. The zero-order chi connectivity index (χ0) is 17.1. The fourth-order valence-electron chi connectivity index (χ4n) is 2.56. The highest BCUT2D eigenvalue weighted by Crippen LogP contribution is 2.32. The van der Waals surface area contributed by atoms with Crippen molar-refractivity contribution in [1.82, 2.24) is 4.98 Å². The van der Waals surface area contributed by atoms with E-state index in [1.807, 2.05) is 0 Å². The Balaban J connectivity index is 1.53. The number of thiazole rings is 1. The lowest BCUT2D eigenvalue weighted by Crippen LogP contribution is -2.20. The molecular formula is C16H17N3O4S. The molecule has 0 bridgehead atoms. The van der Waals surface area contributed by atoms with Gasteiger partial charge in [0.2, 0.25) is 0 Å². The molecule has 126 valence electrons. The van der Waals surface area contributed by atoms with Crippen LogP contribution in [0.5, 0.6) is 5.75 Å². The van der Waals surface area contributed by atoms with E-state index in [2.05, 4.69) is 17.2 Å². The largest absolute Gasteiger partial charge is 0.484 e. The van der Waals surface area contributed by atoms with E-state index in [1.165, 1.54) is 40.5 Å². The maximum absolute atomic E-state index is 12.0. The summed E-state index contributed by atoms with van der Waals surface area (Å²) in [5.74, 6) is 0.766. The van der Waals surface area contributed by atoms with Crippen LogP contribution in [-0.4, -0.2) is 22.4 Å². The topological polar surface area (TPSA) is 94.4 Å². The third-order valence-corrected chi connectivity index (χ3v) is 4.89. The van der Waals surface area contributed by atoms with Crippen LogP contribution in [0.15, 0.2) is 24.3 Å². The third-order valence-electron chi connectivity index (χ3n) is 3.85. The Bertz CT molecular complexity index is 757. The van der Waals surface area contributed by atoms with E-state index in [0.717, 1.165) is 25.0 Å². The van der Waals surface area contributed by atoms with Crippen molar-refractivity contribution in [3.8, 4) is 5.75 Å². The Hall–Kier alpha value is -2.48. The molecule has 3 rings (SSSR count). The summed E-state index contributed by atoms with van der Waals surface area (Å²) in [5, 5.41) is 13.9. The maximum atomic E-state index is 12.0. The first-order valence-corrected chi connectivity index (χ1v) is 8.48. The lowest BCUT2D eigenvalue weighted by Gasteiger charge is -2.15. The summed E-state index contributed by atoms with van der Waals surface area (Å²) in [7, 11) is 0. The molecule has 1 aromatic carbocycles. The molecule has 24 heavy (non-hydrogen) atoms. The van der Waals surface area contributed by atoms with Crippen LogP contribution in [0.3, 0.4) is 0 Å². The number of rotatable bonds is 5. The lowest BCUT2D eigenvalue weighted by atomic mass is 9.93. The minimum absolute atomic E-state index is 0.0191. The monoisotopic (exact) mass is 347 g/mol. The number of hydrogen-bond acceptors (Lipinski definition) is 6. The number of carbonyl (C=O) groups excluding carboxylic acids is 1. The molecule has 0 radical (unpaired) electrons. The third kappa shape index (κ3) is 3.88. The van der Waals surface area contributed by atoms with Gasteiger partial charge in [-0.25, -0.2) is 4.98 Å². The van der Waals surface area contributed by atoms with Crippen LogP contribution in [0.2, 0.25) is 0 Å². The Morgan fingerprint density at radius 3 is 2.92 bits per heavy atom. The number of fused-ring (bicyclic) bond motifs is 1. The Labute approximate surface area is 142 Å². The van der Waals surface area contributed by atoms with Crippen molar-refractivity contribution < 1.29 is 14.5 Å². The highest BCUT2D eigenvalue weighted by molar-refractivity contribution is 7.15. The molecule has 1 N–H and O–H groups in total. The van der Waals surface area contributed by atoms with Crippen molar-refractivity contribution in [1.29, 1.82) is 0 Å². The van der Waals surface area contributed by atoms with E-state index in [-0.39, 0.29) is 18.2 Å². The van der Waals surface area contributed by atoms with Gasteiger partial charge in [0.05, 0.1) is 10.6 Å². The first-order chi connectivity index (χ1) is 11.5. The molecule has 7 nitrogen and oxygen atoms in total. The van der Waals surface area contributed by atoms with Gasteiger partial charge in [0.25, 0.3) is 11.6 Å². The van der Waals surface area contributed by atoms with Gasteiger partial charge < -0.3 is 4.74 Å². The number of amides is 1. The average Bonchev–Trinajstić information content (AvgIpc) is 2.94. The molecule has 1 aromatic heterocycles. The number of nitro groups is 1. The molecule has 1 aliphatic carbocycles. The number of ether oxygens (including phenoxy) is 1. The molecule has 1 aliphatic rings. The van der Waals surface area contributed by atoms with Crippen molar-refractivity contribution in [2.24, 2.45) is 5.92 Å². The summed E-state index contributed by atoms with van der Waals surface area (Å²) in [4.78, 5) is 27.8. The van der Waals surface area contributed by atoms with Crippen molar-refractivity contribution >= 4 is 28.1 Å². The molecule has 1 heterocycles. The van der Waals surface area contributed by atoms with Gasteiger partial charge in [0.15, 0.2) is 11.7 Å². The Kier molecular flexibility index (Phi) is 4.75. The van der Waals surface area contributed by atoms with Crippen LogP contribution in [0.25, 0.3) is 0 Å². The molecule has 0 saturated carbocycles. The number of anilines is 1. The summed E-state index contributed by atoms with van der Waals surface area (Å²) >= 11 is 1.52. The molecule has 0 aliphatic heterocycles. The van der Waals surface area contributed by atoms with E-state index in [1.54, 1.807) is 0 Å². The molecule has 2 aromatic rings. The van der Waals surface area contributed by atoms with Gasteiger partial charge >= 0.3 is 0 Å². The fourth-order valence-corrected chi connectivity index (χ4v) is 3.75. The van der Waals surface area contributed by atoms with Crippen molar-refractivity contribution in [2.75, 3.05) is 11.9 Å². The Morgan fingerprint density at radius 2 is 2.21 bits per heavy atom. The van der Waals surface area contributed by atoms with E-state index >= 15 is 0 Å². The number of nitro benzene ring substituents is 1. The van der Waals surface area contributed by atoms with Gasteiger partial charge in [-0.3, -0.25) is 20.2 Å². The molecule has 1 atom stereocenters. The predicted molar refractivity (Wildman–Crippen MR) is 90.5 cm³/mol. The predicted octanol–water partition coefficient (Wildman–Crippen LogP) is 3.19. The second-order valence-electron chi connectivity index (χ2n) is 5.82. The van der Waals surface area contributed by atoms with Gasteiger partial charge in [0.1, 0.15) is 5.75 Å². The quantitative estimate of drug-likeness (QED) is 0.662. The number of aromatic nitrogens is 1. The number of carbonyl (C=O) groups is 1. The van der Waals surface area contributed by atoms with E-state index in [0.29, 0.717) is 16.8 Å². The summed E-state index contributed by atoms with van der Waals surface area (Å²) in [6, 6.07) is 5.61. The summed E-state index contributed by atoms with van der Waals surface area (Å²) < 4.78 is 5.34. The molecular weight excluding hydrogens is 330 g/mol. The van der Waals surface area contributed by atoms with Crippen LogP contribution in [0.4, 0.5) is 10.8 Å². The zero-order valence-corrected chi connectivity index (χ0v) is 14.0. The minimum Gasteiger partial charge on any atom is -0.484 e. The average molecular weight is 347 g/mol. The first kappa shape index (κ1) is 16.4.